The van der Waals surface area contributed by atoms with E-state index in [4.69, 9.17) is 15.3 Å². The molecule has 0 heterocycles. The Morgan fingerprint density at radius 1 is 0.600 bits per heavy atom. The van der Waals surface area contributed by atoms with E-state index in [1.165, 1.54) is 83.5 Å². The first kappa shape index (κ1) is 29.2. The van der Waals surface area contributed by atoms with E-state index >= 15 is 0 Å². The summed E-state index contributed by atoms with van der Waals surface area (Å²) < 4.78 is 0. The molecule has 0 amide bonds. The highest BCUT2D eigenvalue weighted by Gasteiger charge is 1.97. The number of aliphatic hydroxyl groups excluding tert-OH is 2. The van der Waals surface area contributed by atoms with E-state index in [0.29, 0.717) is 6.42 Å². The maximum atomic E-state index is 10.3. The summed E-state index contributed by atoms with van der Waals surface area (Å²) in [5, 5.41) is 23.8. The van der Waals surface area contributed by atoms with E-state index < -0.39 is 5.97 Å². The molecule has 0 aromatic rings. The van der Waals surface area contributed by atoms with Crippen LogP contribution in [0.1, 0.15) is 117 Å². The molecule has 0 fully saturated rings. The van der Waals surface area contributed by atoms with E-state index in [2.05, 4.69) is 6.92 Å². The lowest BCUT2D eigenvalue weighted by Gasteiger charge is -2.03. The number of hydrogen-bond donors (Lipinski definition) is 3. The van der Waals surface area contributed by atoms with Crippen molar-refractivity contribution in [2.45, 2.75) is 117 Å². The molecule has 0 aliphatic carbocycles. The molecule has 0 saturated heterocycles. The van der Waals surface area contributed by atoms with Crippen molar-refractivity contribution < 1.29 is 20.1 Å². The molecule has 0 saturated carbocycles. The summed E-state index contributed by atoms with van der Waals surface area (Å²) in [6, 6.07) is 0. The zero-order valence-electron chi connectivity index (χ0n) is 16.0. The Labute approximate surface area is 157 Å². The van der Waals surface area contributed by atoms with Crippen LogP contribution in [0.2, 0.25) is 0 Å². The van der Waals surface area contributed by atoms with Crippen molar-refractivity contribution in [2.75, 3.05) is 13.2 Å². The second-order valence-electron chi connectivity index (χ2n) is 6.54. The lowest BCUT2D eigenvalue weighted by molar-refractivity contribution is -0.137. The van der Waals surface area contributed by atoms with Crippen molar-refractivity contribution in [3.8, 4) is 0 Å². The van der Waals surface area contributed by atoms with Crippen LogP contribution < -0.4 is 0 Å². The predicted octanol–water partition coefficient (Wildman–Crippen LogP) is 5.94. The fourth-order valence-electron chi connectivity index (χ4n) is 2.65. The van der Waals surface area contributed by atoms with Gasteiger partial charge in [0, 0.05) is 6.42 Å². The Hall–Kier alpha value is -0.610. The van der Waals surface area contributed by atoms with Crippen molar-refractivity contribution >= 4 is 5.97 Å². The number of aliphatic hydroxyl groups is 2. The molecule has 0 aliphatic heterocycles. The second-order valence-corrected chi connectivity index (χ2v) is 6.54. The van der Waals surface area contributed by atoms with Gasteiger partial charge in [0.25, 0.3) is 0 Å². The molecule has 4 heteroatoms. The van der Waals surface area contributed by atoms with Gasteiger partial charge in [0.1, 0.15) is 0 Å². The van der Waals surface area contributed by atoms with Crippen LogP contribution in [0.4, 0.5) is 0 Å². The molecule has 0 aromatic carbocycles. The molecule has 0 bridgehead atoms. The Morgan fingerprint density at radius 2 is 0.880 bits per heavy atom. The Kier molecular flexibility index (Phi) is 32.9. The average molecular weight is 363 g/mol. The number of aliphatic carboxylic acids is 1. The van der Waals surface area contributed by atoms with E-state index in [1.807, 2.05) is 0 Å². The minimum atomic E-state index is -0.653. The van der Waals surface area contributed by atoms with E-state index in [9.17, 15) is 4.79 Å². The first-order valence-corrected chi connectivity index (χ1v) is 10.1. The van der Waals surface area contributed by atoms with Gasteiger partial charge in [-0.05, 0) is 6.42 Å². The van der Waals surface area contributed by atoms with Crippen LogP contribution in [0.5, 0.6) is 0 Å². The van der Waals surface area contributed by atoms with Crippen molar-refractivity contribution in [1.82, 2.24) is 0 Å². The predicted molar refractivity (Wildman–Crippen MR) is 108 cm³/mol. The first-order chi connectivity index (χ1) is 11.7. The van der Waals surface area contributed by atoms with Gasteiger partial charge in [0.15, 0.2) is 0 Å². The third kappa shape index (κ3) is 35.4. The number of carboxylic acids is 1. The monoisotopic (exact) mass is 362 g/mol. The standard InChI is InChI=1S/C18H36O2.C2H6O2.CH4/c1-2-3-4-5-6-7-8-9-10-11-12-13-14-15-16-17-18(19)20;3-1-2-4;/h2-17H2,1H3,(H,19,20);3-4H,1-2H2;1H4. The van der Waals surface area contributed by atoms with Gasteiger partial charge in [0.2, 0.25) is 0 Å². The molecule has 0 radical (unpaired) electrons. The highest BCUT2D eigenvalue weighted by Crippen LogP contribution is 2.13. The SMILES string of the molecule is C.CCCCCCCCCCCCCCCCCC(=O)O.OCCO. The maximum absolute atomic E-state index is 10.3. The van der Waals surface area contributed by atoms with Crippen LogP contribution in [0, 0.1) is 0 Å². The van der Waals surface area contributed by atoms with E-state index in [-0.39, 0.29) is 20.6 Å². The van der Waals surface area contributed by atoms with Crippen LogP contribution in [-0.4, -0.2) is 34.5 Å². The highest BCUT2D eigenvalue weighted by molar-refractivity contribution is 5.66. The summed E-state index contributed by atoms with van der Waals surface area (Å²) >= 11 is 0. The van der Waals surface area contributed by atoms with Gasteiger partial charge in [-0.1, -0.05) is 104 Å². The quantitative estimate of drug-likeness (QED) is 0.280. The summed E-state index contributed by atoms with van der Waals surface area (Å²) in [6.07, 6.45) is 20.2. The second kappa shape index (κ2) is 28.2. The Bertz CT molecular complexity index is 230. The van der Waals surface area contributed by atoms with Crippen LogP contribution in [0.3, 0.4) is 0 Å². The van der Waals surface area contributed by atoms with Crippen LogP contribution in [-0.2, 0) is 4.79 Å². The fourth-order valence-corrected chi connectivity index (χ4v) is 2.65. The molecule has 0 unspecified atom stereocenters. The molecule has 4 nitrogen and oxygen atoms in total. The van der Waals surface area contributed by atoms with Crippen molar-refractivity contribution in [3.05, 3.63) is 0 Å². The average Bonchev–Trinajstić information content (AvgIpc) is 2.58. The third-order valence-corrected chi connectivity index (χ3v) is 4.09. The van der Waals surface area contributed by atoms with Crippen molar-refractivity contribution in [3.63, 3.8) is 0 Å². The minimum Gasteiger partial charge on any atom is -0.481 e. The van der Waals surface area contributed by atoms with Gasteiger partial charge < -0.3 is 15.3 Å². The van der Waals surface area contributed by atoms with Gasteiger partial charge in [-0.3, -0.25) is 4.79 Å². The van der Waals surface area contributed by atoms with Gasteiger partial charge in [-0.15, -0.1) is 0 Å². The van der Waals surface area contributed by atoms with Gasteiger partial charge in [0.05, 0.1) is 13.2 Å². The topological polar surface area (TPSA) is 77.8 Å². The van der Waals surface area contributed by atoms with Crippen LogP contribution >= 0.6 is 0 Å². The van der Waals surface area contributed by atoms with E-state index in [0.717, 1.165) is 12.8 Å². The Morgan fingerprint density at radius 3 is 1.12 bits per heavy atom. The van der Waals surface area contributed by atoms with Crippen LogP contribution in [0.25, 0.3) is 0 Å². The third-order valence-electron chi connectivity index (χ3n) is 4.09. The van der Waals surface area contributed by atoms with Crippen molar-refractivity contribution in [2.24, 2.45) is 0 Å². The summed E-state index contributed by atoms with van der Waals surface area (Å²) in [4.78, 5) is 10.3. The van der Waals surface area contributed by atoms with Crippen LogP contribution in [0.15, 0.2) is 0 Å². The first-order valence-electron chi connectivity index (χ1n) is 10.1. The molecular weight excluding hydrogens is 316 g/mol. The lowest BCUT2D eigenvalue weighted by Crippen LogP contribution is -1.93. The number of hydrogen-bond acceptors (Lipinski definition) is 3. The van der Waals surface area contributed by atoms with Gasteiger partial charge in [-0.2, -0.15) is 0 Å². The highest BCUT2D eigenvalue weighted by atomic mass is 16.4. The summed E-state index contributed by atoms with van der Waals surface area (Å²) in [5.41, 5.74) is 0. The molecule has 3 N–H and O–H groups in total. The zero-order chi connectivity index (χ0) is 18.3. The molecule has 0 rings (SSSR count). The van der Waals surface area contributed by atoms with E-state index in [1.54, 1.807) is 0 Å². The molecule has 0 aliphatic rings. The molecule has 0 spiro atoms. The number of carboxylic acid groups (broad SMARTS) is 1. The molecular formula is C21H46O4. The largest absolute Gasteiger partial charge is 0.481 e. The Balaban J connectivity index is -0.000000867. The maximum Gasteiger partial charge on any atom is 0.303 e. The van der Waals surface area contributed by atoms with Crippen molar-refractivity contribution in [1.29, 1.82) is 0 Å². The molecule has 154 valence electrons. The summed E-state index contributed by atoms with van der Waals surface area (Å²) in [6.45, 7) is 2.02. The number of unbranched alkanes of at least 4 members (excludes halogenated alkanes) is 14. The smallest absolute Gasteiger partial charge is 0.303 e. The number of rotatable bonds is 17. The fraction of sp³-hybridized carbons (Fsp3) is 0.952. The number of carbonyl (C=O) groups is 1. The minimum absolute atomic E-state index is 0. The van der Waals surface area contributed by atoms with Gasteiger partial charge >= 0.3 is 5.97 Å². The molecule has 0 aromatic heterocycles. The zero-order valence-corrected chi connectivity index (χ0v) is 16.0. The summed E-state index contributed by atoms with van der Waals surface area (Å²) in [5.74, 6) is -0.653. The van der Waals surface area contributed by atoms with Gasteiger partial charge in [-0.25, -0.2) is 0 Å². The molecule has 25 heavy (non-hydrogen) atoms. The normalized spacial score (nSPS) is 9.88. The molecule has 0 atom stereocenters. The lowest BCUT2D eigenvalue weighted by atomic mass is 10.0. The summed E-state index contributed by atoms with van der Waals surface area (Å²) in [7, 11) is 0.